The van der Waals surface area contributed by atoms with Crippen LogP contribution in [0.2, 0.25) is 0 Å². The molecule has 1 rings (SSSR count). The summed E-state index contributed by atoms with van der Waals surface area (Å²) in [6.45, 7) is 3.53. The predicted octanol–water partition coefficient (Wildman–Crippen LogP) is 1.50. The Morgan fingerprint density at radius 3 is 2.42 bits per heavy atom. The van der Waals surface area contributed by atoms with E-state index in [4.69, 9.17) is 0 Å². The smallest absolute Gasteiger partial charge is 0.326 e. The lowest BCUT2D eigenvalue weighted by molar-refractivity contribution is -0.138. The minimum atomic E-state index is -3.53. The van der Waals surface area contributed by atoms with Crippen molar-refractivity contribution >= 4 is 21.7 Å². The Kier molecular flexibility index (Phi) is 4.94. The van der Waals surface area contributed by atoms with Gasteiger partial charge in [-0.3, -0.25) is 9.10 Å². The van der Waals surface area contributed by atoms with Gasteiger partial charge in [0.1, 0.15) is 6.54 Å². The molecule has 0 radical (unpaired) electrons. The van der Waals surface area contributed by atoms with Gasteiger partial charge < -0.3 is 4.74 Å². The number of sulfonamides is 1. The summed E-state index contributed by atoms with van der Waals surface area (Å²) in [5.74, 6) is -0.593. The number of nitrogens with zero attached hydrogens (tertiary/aromatic N) is 1. The molecule has 0 N–H and O–H groups in total. The molecule has 0 unspecified atom stereocenters. The normalized spacial score (nSPS) is 11.2. The van der Waals surface area contributed by atoms with E-state index in [1.165, 1.54) is 7.11 Å². The SMILES string of the molecule is CCc1ccc(N(CC(=O)OC)S(C)(=O)=O)c(C)c1. The third-order valence-electron chi connectivity index (χ3n) is 2.84. The van der Waals surface area contributed by atoms with Gasteiger partial charge in [-0.25, -0.2) is 8.42 Å². The summed E-state index contributed by atoms with van der Waals surface area (Å²) in [4.78, 5) is 11.3. The van der Waals surface area contributed by atoms with E-state index in [2.05, 4.69) is 4.74 Å². The third-order valence-corrected chi connectivity index (χ3v) is 3.97. The molecule has 0 aromatic heterocycles. The molecule has 19 heavy (non-hydrogen) atoms. The molecule has 0 aliphatic heterocycles. The fourth-order valence-corrected chi connectivity index (χ4v) is 2.68. The summed E-state index contributed by atoms with van der Waals surface area (Å²) in [7, 11) is -2.30. The van der Waals surface area contributed by atoms with Crippen LogP contribution >= 0.6 is 0 Å². The summed E-state index contributed by atoms with van der Waals surface area (Å²) < 4.78 is 29.2. The molecular weight excluding hydrogens is 266 g/mol. The Balaban J connectivity index is 3.22. The van der Waals surface area contributed by atoms with Gasteiger partial charge in [-0.2, -0.15) is 0 Å². The largest absolute Gasteiger partial charge is 0.468 e. The summed E-state index contributed by atoms with van der Waals surface area (Å²) in [6, 6.07) is 5.50. The summed E-state index contributed by atoms with van der Waals surface area (Å²) in [6.07, 6.45) is 1.94. The van der Waals surface area contributed by atoms with Gasteiger partial charge in [-0.15, -0.1) is 0 Å². The van der Waals surface area contributed by atoms with Crippen molar-refractivity contribution in [2.45, 2.75) is 20.3 Å². The van der Waals surface area contributed by atoms with Crippen molar-refractivity contribution in [3.63, 3.8) is 0 Å². The molecule has 0 bridgehead atoms. The van der Waals surface area contributed by atoms with E-state index in [0.717, 1.165) is 28.1 Å². The van der Waals surface area contributed by atoms with Crippen LogP contribution in [-0.2, 0) is 26.0 Å². The lowest BCUT2D eigenvalue weighted by Gasteiger charge is -2.23. The summed E-state index contributed by atoms with van der Waals surface area (Å²) in [5, 5.41) is 0. The molecule has 0 saturated carbocycles. The number of hydrogen-bond donors (Lipinski definition) is 0. The maximum absolute atomic E-state index is 11.8. The van der Waals surface area contributed by atoms with Crippen molar-refractivity contribution < 1.29 is 17.9 Å². The summed E-state index contributed by atoms with van der Waals surface area (Å²) >= 11 is 0. The van der Waals surface area contributed by atoms with Crippen molar-refractivity contribution in [2.75, 3.05) is 24.2 Å². The van der Waals surface area contributed by atoms with Crippen LogP contribution in [0.5, 0.6) is 0 Å². The van der Waals surface area contributed by atoms with E-state index < -0.39 is 16.0 Å². The molecule has 0 aliphatic carbocycles. The number of benzene rings is 1. The first-order valence-electron chi connectivity index (χ1n) is 5.93. The first-order chi connectivity index (χ1) is 8.79. The number of hydrogen-bond acceptors (Lipinski definition) is 4. The highest BCUT2D eigenvalue weighted by atomic mass is 32.2. The van der Waals surface area contributed by atoms with Crippen LogP contribution in [0, 0.1) is 6.92 Å². The molecule has 1 aromatic carbocycles. The Morgan fingerprint density at radius 2 is 2.00 bits per heavy atom. The third kappa shape index (κ3) is 3.96. The molecule has 0 amide bonds. The van der Waals surface area contributed by atoms with E-state index in [0.29, 0.717) is 5.69 Å². The van der Waals surface area contributed by atoms with Crippen molar-refractivity contribution in [3.05, 3.63) is 29.3 Å². The molecule has 106 valence electrons. The van der Waals surface area contributed by atoms with Crippen molar-refractivity contribution in [1.29, 1.82) is 0 Å². The van der Waals surface area contributed by atoms with E-state index in [9.17, 15) is 13.2 Å². The zero-order valence-electron chi connectivity index (χ0n) is 11.6. The lowest BCUT2D eigenvalue weighted by atomic mass is 10.1. The highest BCUT2D eigenvalue weighted by Crippen LogP contribution is 2.23. The van der Waals surface area contributed by atoms with Crippen LogP contribution in [0.3, 0.4) is 0 Å². The van der Waals surface area contributed by atoms with E-state index in [-0.39, 0.29) is 6.54 Å². The first-order valence-corrected chi connectivity index (χ1v) is 7.78. The number of carbonyl (C=O) groups excluding carboxylic acids is 1. The predicted molar refractivity (Wildman–Crippen MR) is 74.8 cm³/mol. The monoisotopic (exact) mass is 285 g/mol. The fraction of sp³-hybridized carbons (Fsp3) is 0.462. The minimum absolute atomic E-state index is 0.318. The topological polar surface area (TPSA) is 63.7 Å². The second-order valence-electron chi connectivity index (χ2n) is 4.32. The van der Waals surface area contributed by atoms with Gasteiger partial charge in [0.15, 0.2) is 0 Å². The van der Waals surface area contributed by atoms with Gasteiger partial charge in [-0.1, -0.05) is 19.1 Å². The number of esters is 1. The van der Waals surface area contributed by atoms with Crippen molar-refractivity contribution in [2.24, 2.45) is 0 Å². The zero-order chi connectivity index (χ0) is 14.6. The van der Waals surface area contributed by atoms with Crippen LogP contribution in [0.25, 0.3) is 0 Å². The Bertz CT molecular complexity index is 566. The van der Waals surface area contributed by atoms with Gasteiger partial charge in [0, 0.05) is 0 Å². The van der Waals surface area contributed by atoms with Crippen LogP contribution in [-0.4, -0.2) is 34.3 Å². The molecule has 5 nitrogen and oxygen atoms in total. The van der Waals surface area contributed by atoms with Crippen LogP contribution < -0.4 is 4.31 Å². The quantitative estimate of drug-likeness (QED) is 0.769. The average Bonchev–Trinajstić information content (AvgIpc) is 2.34. The van der Waals surface area contributed by atoms with Gasteiger partial charge >= 0.3 is 5.97 Å². The van der Waals surface area contributed by atoms with Crippen molar-refractivity contribution in [3.8, 4) is 0 Å². The molecule has 0 spiro atoms. The highest BCUT2D eigenvalue weighted by Gasteiger charge is 2.22. The van der Waals surface area contributed by atoms with E-state index in [1.807, 2.05) is 26.0 Å². The highest BCUT2D eigenvalue weighted by molar-refractivity contribution is 7.92. The molecular formula is C13H19NO4S. The number of ether oxygens (including phenoxy) is 1. The molecule has 1 aromatic rings. The lowest BCUT2D eigenvalue weighted by Crippen LogP contribution is -2.35. The molecule has 0 fully saturated rings. The molecule has 6 heteroatoms. The minimum Gasteiger partial charge on any atom is -0.468 e. The standard InChI is InChI=1S/C13H19NO4S/c1-5-11-6-7-12(10(2)8-11)14(19(4,16)17)9-13(15)18-3/h6-8H,5,9H2,1-4H3. The first kappa shape index (κ1) is 15.5. The van der Waals surface area contributed by atoms with Gasteiger partial charge in [-0.05, 0) is 30.5 Å². The van der Waals surface area contributed by atoms with Crippen LogP contribution in [0.4, 0.5) is 5.69 Å². The molecule has 0 aliphatic rings. The Labute approximate surface area is 114 Å². The van der Waals surface area contributed by atoms with E-state index >= 15 is 0 Å². The number of anilines is 1. The maximum atomic E-state index is 11.8. The fourth-order valence-electron chi connectivity index (χ4n) is 1.78. The number of carbonyl (C=O) groups is 1. The summed E-state index contributed by atoms with van der Waals surface area (Å²) in [5.41, 5.74) is 2.44. The Hall–Kier alpha value is -1.56. The number of methoxy groups -OCH3 is 1. The van der Waals surface area contributed by atoms with Crippen molar-refractivity contribution in [1.82, 2.24) is 0 Å². The number of rotatable bonds is 5. The molecule has 0 saturated heterocycles. The van der Waals surface area contributed by atoms with E-state index in [1.54, 1.807) is 6.07 Å². The van der Waals surface area contributed by atoms with Gasteiger partial charge in [0.2, 0.25) is 10.0 Å². The molecule has 0 heterocycles. The maximum Gasteiger partial charge on any atom is 0.326 e. The average molecular weight is 285 g/mol. The van der Waals surface area contributed by atoms with Crippen LogP contribution in [0.15, 0.2) is 18.2 Å². The molecule has 0 atom stereocenters. The second-order valence-corrected chi connectivity index (χ2v) is 6.23. The van der Waals surface area contributed by atoms with Crippen LogP contribution in [0.1, 0.15) is 18.1 Å². The zero-order valence-corrected chi connectivity index (χ0v) is 12.5. The van der Waals surface area contributed by atoms with Gasteiger partial charge in [0.25, 0.3) is 0 Å². The Morgan fingerprint density at radius 1 is 1.37 bits per heavy atom. The van der Waals surface area contributed by atoms with Gasteiger partial charge in [0.05, 0.1) is 19.1 Å². The second kappa shape index (κ2) is 6.06. The number of aryl methyl sites for hydroxylation is 2.